The molecule has 0 aliphatic carbocycles. The lowest BCUT2D eigenvalue weighted by molar-refractivity contribution is -0.124. The molecule has 1 heterocycles. The summed E-state index contributed by atoms with van der Waals surface area (Å²) in [4.78, 5) is 25.6. The predicted molar refractivity (Wildman–Crippen MR) is 86.7 cm³/mol. The van der Waals surface area contributed by atoms with Crippen LogP contribution in [0.2, 0.25) is 0 Å². The summed E-state index contributed by atoms with van der Waals surface area (Å²) in [6.07, 6.45) is -0.361. The first-order valence-electron chi connectivity index (χ1n) is 7.80. The molecule has 5 heteroatoms. The van der Waals surface area contributed by atoms with E-state index < -0.39 is 17.9 Å². The van der Waals surface area contributed by atoms with E-state index in [1.54, 1.807) is 18.7 Å². The van der Waals surface area contributed by atoms with Crippen LogP contribution in [-0.4, -0.2) is 35.2 Å². The van der Waals surface area contributed by atoms with Crippen LogP contribution in [0.5, 0.6) is 0 Å². The fraction of sp³-hybridized carbons (Fsp3) is 0.556. The zero-order valence-electron chi connectivity index (χ0n) is 14.4. The van der Waals surface area contributed by atoms with Crippen LogP contribution in [0, 0.1) is 5.41 Å². The Labute approximate surface area is 137 Å². The highest BCUT2D eigenvalue weighted by molar-refractivity contribution is 5.72. The van der Waals surface area contributed by atoms with E-state index in [1.165, 1.54) is 0 Å². The van der Waals surface area contributed by atoms with Crippen LogP contribution >= 0.6 is 0 Å². The first-order valence-corrected chi connectivity index (χ1v) is 7.80. The average Bonchev–Trinajstić information content (AvgIpc) is 2.77. The van der Waals surface area contributed by atoms with Gasteiger partial charge >= 0.3 is 6.09 Å². The van der Waals surface area contributed by atoms with E-state index in [0.29, 0.717) is 0 Å². The summed E-state index contributed by atoms with van der Waals surface area (Å²) in [5.74, 6) is 0. The van der Waals surface area contributed by atoms with Crippen molar-refractivity contribution >= 4 is 12.4 Å². The van der Waals surface area contributed by atoms with Gasteiger partial charge in [0.1, 0.15) is 18.4 Å². The summed E-state index contributed by atoms with van der Waals surface area (Å²) in [7, 11) is 0. The van der Waals surface area contributed by atoms with Crippen molar-refractivity contribution in [3.05, 3.63) is 35.9 Å². The fourth-order valence-corrected chi connectivity index (χ4v) is 3.04. The molecule has 126 valence electrons. The van der Waals surface area contributed by atoms with E-state index in [1.807, 2.05) is 51.1 Å². The summed E-state index contributed by atoms with van der Waals surface area (Å²) >= 11 is 0. The van der Waals surface area contributed by atoms with Crippen molar-refractivity contribution in [3.63, 3.8) is 0 Å². The number of benzene rings is 1. The van der Waals surface area contributed by atoms with Gasteiger partial charge in [-0.05, 0) is 24.8 Å². The van der Waals surface area contributed by atoms with E-state index >= 15 is 0 Å². The summed E-state index contributed by atoms with van der Waals surface area (Å²) in [5, 5.41) is 0. The van der Waals surface area contributed by atoms with Gasteiger partial charge in [0.05, 0.1) is 6.04 Å². The lowest BCUT2D eigenvalue weighted by atomic mass is 9.83. The number of carbonyl (C=O) groups is 2. The molecule has 1 amide bonds. The number of aldehydes is 1. The standard InChI is InChI=1S/C18H25NO4/c1-17(2,3)15-14(11-20)23-18(4,5)19(15)16(21)22-12-13-9-7-6-8-10-13/h6-11,14-15H,12H2,1-5H3/t14?,15-/m1/s1. The Hall–Kier alpha value is -1.88. The number of hydrogen-bond acceptors (Lipinski definition) is 4. The molecule has 0 saturated carbocycles. The summed E-state index contributed by atoms with van der Waals surface area (Å²) in [6, 6.07) is 9.12. The quantitative estimate of drug-likeness (QED) is 0.802. The second-order valence-electron chi connectivity index (χ2n) is 7.39. The van der Waals surface area contributed by atoms with Crippen LogP contribution in [0.3, 0.4) is 0 Å². The number of nitrogens with zero attached hydrogens (tertiary/aromatic N) is 1. The van der Waals surface area contributed by atoms with Gasteiger partial charge in [0.2, 0.25) is 0 Å². The van der Waals surface area contributed by atoms with Crippen molar-refractivity contribution in [2.75, 3.05) is 0 Å². The van der Waals surface area contributed by atoms with Gasteiger partial charge in [-0.25, -0.2) is 4.79 Å². The van der Waals surface area contributed by atoms with E-state index in [9.17, 15) is 9.59 Å². The second kappa shape index (κ2) is 6.32. The number of carbonyl (C=O) groups excluding carboxylic acids is 2. The molecule has 0 aromatic heterocycles. The molecule has 1 saturated heterocycles. The van der Waals surface area contributed by atoms with Gasteiger partial charge in [-0.1, -0.05) is 51.1 Å². The molecule has 0 bridgehead atoms. The van der Waals surface area contributed by atoms with Gasteiger partial charge in [-0.15, -0.1) is 0 Å². The molecule has 1 aromatic carbocycles. The minimum atomic E-state index is -0.892. The SMILES string of the molecule is CC(C)(C)[C@H]1C(C=O)OC(C)(C)N1C(=O)OCc1ccccc1. The third-order valence-electron chi connectivity index (χ3n) is 4.02. The molecule has 1 unspecified atom stereocenters. The van der Waals surface area contributed by atoms with Crippen molar-refractivity contribution in [3.8, 4) is 0 Å². The highest BCUT2D eigenvalue weighted by Gasteiger charge is 2.54. The van der Waals surface area contributed by atoms with E-state index in [0.717, 1.165) is 11.8 Å². The maximum absolute atomic E-state index is 12.7. The highest BCUT2D eigenvalue weighted by atomic mass is 16.6. The topological polar surface area (TPSA) is 55.8 Å². The van der Waals surface area contributed by atoms with Crippen LogP contribution in [-0.2, 0) is 20.9 Å². The fourth-order valence-electron chi connectivity index (χ4n) is 3.04. The Balaban J connectivity index is 2.19. The van der Waals surface area contributed by atoms with Gasteiger partial charge in [-0.3, -0.25) is 4.90 Å². The molecule has 0 spiro atoms. The van der Waals surface area contributed by atoms with E-state index in [4.69, 9.17) is 9.47 Å². The third kappa shape index (κ3) is 3.72. The molecule has 5 nitrogen and oxygen atoms in total. The first kappa shape index (κ1) is 17.5. The van der Waals surface area contributed by atoms with Gasteiger partial charge in [0.15, 0.2) is 6.29 Å². The van der Waals surface area contributed by atoms with Crippen molar-refractivity contribution in [1.82, 2.24) is 4.90 Å². The zero-order valence-corrected chi connectivity index (χ0v) is 14.4. The maximum atomic E-state index is 12.7. The third-order valence-corrected chi connectivity index (χ3v) is 4.02. The van der Waals surface area contributed by atoms with Crippen LogP contribution in [0.15, 0.2) is 30.3 Å². The van der Waals surface area contributed by atoms with Crippen molar-refractivity contribution < 1.29 is 19.1 Å². The van der Waals surface area contributed by atoms with Crippen LogP contribution < -0.4 is 0 Å². The Kier molecular flexibility index (Phi) is 4.80. The van der Waals surface area contributed by atoms with Crippen molar-refractivity contribution in [2.24, 2.45) is 5.41 Å². The summed E-state index contributed by atoms with van der Waals surface area (Å²) in [5.41, 5.74) is -0.291. The smallest absolute Gasteiger partial charge is 0.412 e. The first-order chi connectivity index (χ1) is 10.7. The Morgan fingerprint density at radius 3 is 2.43 bits per heavy atom. The largest absolute Gasteiger partial charge is 0.444 e. The summed E-state index contributed by atoms with van der Waals surface area (Å²) < 4.78 is 11.2. The van der Waals surface area contributed by atoms with Gasteiger partial charge in [0.25, 0.3) is 0 Å². The normalized spacial score (nSPS) is 23.6. The molecule has 1 aliphatic heterocycles. The highest BCUT2D eigenvalue weighted by Crippen LogP contribution is 2.40. The van der Waals surface area contributed by atoms with Crippen molar-refractivity contribution in [1.29, 1.82) is 0 Å². The monoisotopic (exact) mass is 319 g/mol. The minimum Gasteiger partial charge on any atom is -0.444 e. The molecule has 1 aliphatic rings. The number of amides is 1. The molecule has 2 rings (SSSR count). The lowest BCUT2D eigenvalue weighted by Gasteiger charge is -2.38. The van der Waals surface area contributed by atoms with Gasteiger partial charge in [0, 0.05) is 0 Å². The lowest BCUT2D eigenvalue weighted by Crippen LogP contribution is -2.53. The van der Waals surface area contributed by atoms with Crippen LogP contribution in [0.25, 0.3) is 0 Å². The minimum absolute atomic E-state index is 0.189. The second-order valence-corrected chi connectivity index (χ2v) is 7.39. The Morgan fingerprint density at radius 1 is 1.30 bits per heavy atom. The molecule has 2 atom stereocenters. The molecule has 0 radical (unpaired) electrons. The number of ether oxygens (including phenoxy) is 2. The predicted octanol–water partition coefficient (Wildman–Crippen LogP) is 3.37. The maximum Gasteiger partial charge on any atom is 0.412 e. The molecule has 1 fully saturated rings. The zero-order chi connectivity index (χ0) is 17.3. The molecule has 23 heavy (non-hydrogen) atoms. The molecule has 0 N–H and O–H groups in total. The van der Waals surface area contributed by atoms with E-state index in [-0.39, 0.29) is 18.1 Å². The average molecular weight is 319 g/mol. The Morgan fingerprint density at radius 2 is 1.91 bits per heavy atom. The molecular weight excluding hydrogens is 294 g/mol. The van der Waals surface area contributed by atoms with Gasteiger partial charge < -0.3 is 14.3 Å². The number of hydrogen-bond donors (Lipinski definition) is 0. The van der Waals surface area contributed by atoms with E-state index in [2.05, 4.69) is 0 Å². The van der Waals surface area contributed by atoms with Crippen molar-refractivity contribution in [2.45, 2.75) is 59.1 Å². The number of rotatable bonds is 3. The van der Waals surface area contributed by atoms with Crippen LogP contribution in [0.1, 0.15) is 40.2 Å². The van der Waals surface area contributed by atoms with Gasteiger partial charge in [-0.2, -0.15) is 0 Å². The Bertz CT molecular complexity index is 562. The van der Waals surface area contributed by atoms with Crippen LogP contribution in [0.4, 0.5) is 4.79 Å². The summed E-state index contributed by atoms with van der Waals surface area (Å²) in [6.45, 7) is 9.69. The molecule has 1 aromatic rings. The molecular formula is C18H25NO4.